The predicted octanol–water partition coefficient (Wildman–Crippen LogP) is 1.72. The van der Waals surface area contributed by atoms with E-state index in [0.717, 1.165) is 22.4 Å². The van der Waals surface area contributed by atoms with Crippen LogP contribution in [-0.4, -0.2) is 17.9 Å². The van der Waals surface area contributed by atoms with Gasteiger partial charge in [-0.15, -0.1) is 0 Å². The number of hydrogen-bond acceptors (Lipinski definition) is 4. The van der Waals surface area contributed by atoms with Crippen molar-refractivity contribution in [2.75, 3.05) is 17.7 Å². The number of nitrogens with zero attached hydrogens (tertiary/aromatic N) is 3. The molecule has 0 saturated heterocycles. The van der Waals surface area contributed by atoms with Gasteiger partial charge in [0.1, 0.15) is 17.5 Å². The molecule has 0 aliphatic carbocycles. The van der Waals surface area contributed by atoms with E-state index in [1.54, 1.807) is 24.2 Å². The first kappa shape index (κ1) is 12.2. The van der Waals surface area contributed by atoms with Crippen molar-refractivity contribution in [3.8, 4) is 17.2 Å². The van der Waals surface area contributed by atoms with E-state index >= 15 is 0 Å². The van der Waals surface area contributed by atoms with Crippen LogP contribution in [0.4, 0.5) is 11.5 Å². The minimum atomic E-state index is 0.0758. The van der Waals surface area contributed by atoms with E-state index in [2.05, 4.69) is 11.1 Å². The van der Waals surface area contributed by atoms with Gasteiger partial charge in [0.15, 0.2) is 0 Å². The van der Waals surface area contributed by atoms with E-state index in [1.807, 2.05) is 18.2 Å². The van der Waals surface area contributed by atoms with Crippen molar-refractivity contribution in [3.05, 3.63) is 41.6 Å². The molecule has 1 aliphatic rings. The fourth-order valence-corrected chi connectivity index (χ4v) is 2.47. The molecular weight excluding hydrogens is 252 g/mol. The lowest BCUT2D eigenvalue weighted by molar-refractivity contribution is -0.117. The highest BCUT2D eigenvalue weighted by Gasteiger charge is 2.24. The summed E-state index contributed by atoms with van der Waals surface area (Å²) in [6.07, 6.45) is 1.97. The number of likely N-dealkylation sites (N-methyl/N-ethyl adjacent to an activating group) is 1. The second kappa shape index (κ2) is 4.35. The average molecular weight is 264 g/mol. The molecule has 1 aromatic heterocycles. The van der Waals surface area contributed by atoms with E-state index in [1.165, 1.54) is 0 Å². The Kier molecular flexibility index (Phi) is 2.65. The first-order valence-electron chi connectivity index (χ1n) is 6.16. The summed E-state index contributed by atoms with van der Waals surface area (Å²) in [5.41, 5.74) is 9.59. The fraction of sp³-hybridized carbons (Fsp3) is 0.133. The first-order valence-corrected chi connectivity index (χ1v) is 6.16. The third kappa shape index (κ3) is 1.70. The molecule has 98 valence electrons. The van der Waals surface area contributed by atoms with Gasteiger partial charge in [0.2, 0.25) is 5.91 Å². The molecule has 0 fully saturated rings. The largest absolute Gasteiger partial charge is 0.383 e. The third-order valence-electron chi connectivity index (χ3n) is 3.56. The summed E-state index contributed by atoms with van der Waals surface area (Å²) < 4.78 is 0. The summed E-state index contributed by atoms with van der Waals surface area (Å²) in [7, 11) is 1.76. The Morgan fingerprint density at radius 2 is 2.20 bits per heavy atom. The minimum absolute atomic E-state index is 0.0758. The molecule has 0 atom stereocenters. The van der Waals surface area contributed by atoms with E-state index in [-0.39, 0.29) is 11.7 Å². The number of pyridine rings is 1. The number of carbonyl (C=O) groups excluding carboxylic acids is 1. The van der Waals surface area contributed by atoms with Gasteiger partial charge in [0, 0.05) is 24.5 Å². The molecule has 0 spiro atoms. The summed E-state index contributed by atoms with van der Waals surface area (Å²) >= 11 is 0. The lowest BCUT2D eigenvalue weighted by atomic mass is 9.98. The number of nitrogen functional groups attached to an aromatic ring is 1. The van der Waals surface area contributed by atoms with Crippen molar-refractivity contribution in [1.82, 2.24) is 4.98 Å². The topological polar surface area (TPSA) is 83.0 Å². The number of aromatic nitrogens is 1. The number of rotatable bonds is 1. The monoisotopic (exact) mass is 264 g/mol. The van der Waals surface area contributed by atoms with Crippen LogP contribution in [0.2, 0.25) is 0 Å². The molecule has 0 radical (unpaired) electrons. The van der Waals surface area contributed by atoms with Crippen LogP contribution in [0.15, 0.2) is 30.5 Å². The van der Waals surface area contributed by atoms with Crippen LogP contribution in [0.25, 0.3) is 11.1 Å². The van der Waals surface area contributed by atoms with Crippen LogP contribution < -0.4 is 10.6 Å². The van der Waals surface area contributed by atoms with E-state index < -0.39 is 0 Å². The van der Waals surface area contributed by atoms with Crippen molar-refractivity contribution in [1.29, 1.82) is 5.26 Å². The van der Waals surface area contributed by atoms with Crippen LogP contribution in [0.5, 0.6) is 0 Å². The van der Waals surface area contributed by atoms with Gasteiger partial charge in [-0.25, -0.2) is 4.98 Å². The minimum Gasteiger partial charge on any atom is -0.383 e. The maximum atomic E-state index is 11.7. The Hall–Kier alpha value is -2.87. The highest BCUT2D eigenvalue weighted by molar-refractivity contribution is 6.01. The molecular formula is C15H12N4O. The molecule has 20 heavy (non-hydrogen) atoms. The number of nitrogens with two attached hydrogens (primary N) is 1. The first-order chi connectivity index (χ1) is 9.61. The van der Waals surface area contributed by atoms with Gasteiger partial charge >= 0.3 is 0 Å². The summed E-state index contributed by atoms with van der Waals surface area (Å²) in [6, 6.07) is 9.57. The van der Waals surface area contributed by atoms with Crippen molar-refractivity contribution in [2.45, 2.75) is 6.42 Å². The van der Waals surface area contributed by atoms with Crippen LogP contribution in [0.1, 0.15) is 11.1 Å². The number of hydrogen-bond donors (Lipinski definition) is 1. The standard InChI is InChI=1S/C15H12N4O/c1-19-13-3-2-9(6-10(13)7-14(19)20)11-4-5-18-15(17)12(11)8-16/h2-6H,7H2,1H3,(H2,17,18). The number of carbonyl (C=O) groups is 1. The maximum absolute atomic E-state index is 11.7. The Balaban J connectivity index is 2.15. The highest BCUT2D eigenvalue weighted by Crippen LogP contribution is 2.33. The normalized spacial score (nSPS) is 13.2. The van der Waals surface area contributed by atoms with Gasteiger partial charge in [-0.1, -0.05) is 6.07 Å². The Morgan fingerprint density at radius 3 is 2.95 bits per heavy atom. The van der Waals surface area contributed by atoms with Gasteiger partial charge < -0.3 is 10.6 Å². The zero-order valence-corrected chi connectivity index (χ0v) is 10.9. The molecule has 5 heteroatoms. The average Bonchev–Trinajstić information content (AvgIpc) is 2.73. The summed E-state index contributed by atoms with van der Waals surface area (Å²) in [5, 5.41) is 9.21. The Bertz CT molecular complexity index is 761. The Morgan fingerprint density at radius 1 is 1.40 bits per heavy atom. The zero-order chi connectivity index (χ0) is 14.3. The maximum Gasteiger partial charge on any atom is 0.231 e. The lowest BCUT2D eigenvalue weighted by Gasteiger charge is -2.11. The van der Waals surface area contributed by atoms with Gasteiger partial charge in [0.25, 0.3) is 0 Å². The molecule has 0 saturated carbocycles. The number of fused-ring (bicyclic) bond motifs is 1. The van der Waals surface area contributed by atoms with Crippen LogP contribution in [0, 0.1) is 11.3 Å². The number of anilines is 2. The lowest BCUT2D eigenvalue weighted by Crippen LogP contribution is -2.20. The SMILES string of the molecule is CN1C(=O)Cc2cc(-c3ccnc(N)c3C#N)ccc21. The van der Waals surface area contributed by atoms with Crippen molar-refractivity contribution >= 4 is 17.4 Å². The fourth-order valence-electron chi connectivity index (χ4n) is 2.47. The summed E-state index contributed by atoms with van der Waals surface area (Å²) in [6.45, 7) is 0. The van der Waals surface area contributed by atoms with Gasteiger partial charge in [-0.3, -0.25) is 4.79 Å². The van der Waals surface area contributed by atoms with Gasteiger partial charge in [0.05, 0.1) is 6.42 Å². The number of amides is 1. The molecule has 0 bridgehead atoms. The quantitative estimate of drug-likeness (QED) is 0.850. The van der Waals surface area contributed by atoms with Crippen molar-refractivity contribution < 1.29 is 4.79 Å². The predicted molar refractivity (Wildman–Crippen MR) is 75.9 cm³/mol. The molecule has 2 N–H and O–H groups in total. The molecule has 1 amide bonds. The van der Waals surface area contributed by atoms with Crippen LogP contribution in [-0.2, 0) is 11.2 Å². The summed E-state index contributed by atoms with van der Waals surface area (Å²) in [5.74, 6) is 0.297. The second-order valence-electron chi connectivity index (χ2n) is 4.70. The molecule has 5 nitrogen and oxygen atoms in total. The molecule has 1 aromatic carbocycles. The Labute approximate surface area is 116 Å². The third-order valence-corrected chi connectivity index (χ3v) is 3.56. The van der Waals surface area contributed by atoms with Crippen LogP contribution >= 0.6 is 0 Å². The molecule has 2 aromatic rings. The van der Waals surface area contributed by atoms with Gasteiger partial charge in [-0.2, -0.15) is 5.26 Å². The molecule has 1 aliphatic heterocycles. The second-order valence-corrected chi connectivity index (χ2v) is 4.70. The summed E-state index contributed by atoms with van der Waals surface area (Å²) in [4.78, 5) is 17.3. The van der Waals surface area contributed by atoms with Crippen LogP contribution in [0.3, 0.4) is 0 Å². The van der Waals surface area contributed by atoms with E-state index in [9.17, 15) is 10.1 Å². The molecule has 3 rings (SSSR count). The highest BCUT2D eigenvalue weighted by atomic mass is 16.2. The number of benzene rings is 1. The molecule has 2 heterocycles. The van der Waals surface area contributed by atoms with Crippen molar-refractivity contribution in [2.24, 2.45) is 0 Å². The molecule has 0 unspecified atom stereocenters. The zero-order valence-electron chi connectivity index (χ0n) is 10.9. The van der Waals surface area contributed by atoms with E-state index in [4.69, 9.17) is 5.73 Å². The van der Waals surface area contributed by atoms with E-state index in [0.29, 0.717) is 12.0 Å². The van der Waals surface area contributed by atoms with Gasteiger partial charge in [-0.05, 0) is 29.3 Å². The van der Waals surface area contributed by atoms with Crippen molar-refractivity contribution in [3.63, 3.8) is 0 Å². The smallest absolute Gasteiger partial charge is 0.231 e. The number of nitriles is 1.